The third-order valence-corrected chi connectivity index (χ3v) is 2.66. The van der Waals surface area contributed by atoms with E-state index in [4.69, 9.17) is 5.73 Å². The van der Waals surface area contributed by atoms with Crippen LogP contribution in [-0.4, -0.2) is 0 Å². The molecule has 2 rings (SSSR count). The van der Waals surface area contributed by atoms with Crippen LogP contribution in [0.25, 0.3) is 10.8 Å². The number of rotatable bonds is 2. The van der Waals surface area contributed by atoms with E-state index in [0.29, 0.717) is 0 Å². The molecule has 0 heterocycles. The van der Waals surface area contributed by atoms with Gasteiger partial charge in [0.15, 0.2) is 0 Å². The lowest BCUT2D eigenvalue weighted by atomic mass is 9.99. The summed E-state index contributed by atoms with van der Waals surface area (Å²) in [6.07, 6.45) is 0. The lowest BCUT2D eigenvalue weighted by Gasteiger charge is -2.12. The molecular weight excluding hydrogens is 182 g/mol. The summed E-state index contributed by atoms with van der Waals surface area (Å²) in [6, 6.07) is 14.5. The number of benzene rings is 2. The topological polar surface area (TPSA) is 26.0 Å². The smallest absolute Gasteiger partial charge is 0.0505 e. The second-order valence-corrected chi connectivity index (χ2v) is 3.93. The fraction of sp³-hybridized carbons (Fsp3) is 0.143. The van der Waals surface area contributed by atoms with Crippen LogP contribution in [0.15, 0.2) is 54.6 Å². The first-order chi connectivity index (χ1) is 7.18. The van der Waals surface area contributed by atoms with Crippen LogP contribution in [0.3, 0.4) is 0 Å². The average molecular weight is 197 g/mol. The van der Waals surface area contributed by atoms with E-state index < -0.39 is 0 Å². The van der Waals surface area contributed by atoms with Crippen LogP contribution in [0, 0.1) is 0 Å². The molecule has 0 amide bonds. The van der Waals surface area contributed by atoms with Crippen molar-refractivity contribution in [1.29, 1.82) is 0 Å². The average Bonchev–Trinajstić information content (AvgIpc) is 2.27. The molecule has 2 aromatic carbocycles. The van der Waals surface area contributed by atoms with Crippen LogP contribution < -0.4 is 5.73 Å². The highest BCUT2D eigenvalue weighted by atomic mass is 14.6. The molecule has 1 atom stereocenters. The van der Waals surface area contributed by atoms with Gasteiger partial charge >= 0.3 is 0 Å². The van der Waals surface area contributed by atoms with Crippen molar-refractivity contribution in [3.63, 3.8) is 0 Å². The summed E-state index contributed by atoms with van der Waals surface area (Å²) in [5.74, 6) is 0. The van der Waals surface area contributed by atoms with Gasteiger partial charge in [0.1, 0.15) is 0 Å². The highest BCUT2D eigenvalue weighted by Gasteiger charge is 2.06. The van der Waals surface area contributed by atoms with E-state index >= 15 is 0 Å². The van der Waals surface area contributed by atoms with Gasteiger partial charge in [-0.2, -0.15) is 0 Å². The molecule has 0 aromatic heterocycles. The monoisotopic (exact) mass is 197 g/mol. The SMILES string of the molecule is C=C(C)C(N)c1ccc2ccccc2c1. The summed E-state index contributed by atoms with van der Waals surface area (Å²) >= 11 is 0. The Balaban J connectivity index is 2.51. The Kier molecular flexibility index (Phi) is 2.57. The van der Waals surface area contributed by atoms with Crippen LogP contribution in [-0.2, 0) is 0 Å². The Morgan fingerprint density at radius 2 is 1.80 bits per heavy atom. The Morgan fingerprint density at radius 1 is 1.13 bits per heavy atom. The molecule has 0 fully saturated rings. The van der Waals surface area contributed by atoms with Gasteiger partial charge in [0.2, 0.25) is 0 Å². The maximum absolute atomic E-state index is 6.03. The van der Waals surface area contributed by atoms with E-state index in [9.17, 15) is 0 Å². The highest BCUT2D eigenvalue weighted by molar-refractivity contribution is 5.83. The van der Waals surface area contributed by atoms with Crippen LogP contribution in [0.5, 0.6) is 0 Å². The quantitative estimate of drug-likeness (QED) is 0.733. The van der Waals surface area contributed by atoms with Crippen molar-refractivity contribution in [2.45, 2.75) is 13.0 Å². The molecular formula is C14H15N. The molecule has 0 saturated heterocycles. The van der Waals surface area contributed by atoms with Gasteiger partial charge in [-0.1, -0.05) is 48.6 Å². The van der Waals surface area contributed by atoms with Crippen molar-refractivity contribution < 1.29 is 0 Å². The zero-order chi connectivity index (χ0) is 10.8. The van der Waals surface area contributed by atoms with Crippen molar-refractivity contribution >= 4 is 10.8 Å². The number of nitrogens with two attached hydrogens (primary N) is 1. The molecule has 0 radical (unpaired) electrons. The van der Waals surface area contributed by atoms with Gasteiger partial charge in [0.05, 0.1) is 6.04 Å². The molecule has 2 N–H and O–H groups in total. The van der Waals surface area contributed by atoms with Gasteiger partial charge < -0.3 is 5.73 Å². The first kappa shape index (κ1) is 9.94. The van der Waals surface area contributed by atoms with E-state index in [1.807, 2.05) is 19.1 Å². The summed E-state index contributed by atoms with van der Waals surface area (Å²) in [7, 11) is 0. The summed E-state index contributed by atoms with van der Waals surface area (Å²) in [5, 5.41) is 2.47. The minimum Gasteiger partial charge on any atom is -0.321 e. The second kappa shape index (κ2) is 3.87. The molecule has 0 aliphatic carbocycles. The maximum Gasteiger partial charge on any atom is 0.0505 e. The third-order valence-electron chi connectivity index (χ3n) is 2.66. The van der Waals surface area contributed by atoms with Crippen LogP contribution >= 0.6 is 0 Å². The van der Waals surface area contributed by atoms with Crippen molar-refractivity contribution in [2.24, 2.45) is 5.73 Å². The summed E-state index contributed by atoms with van der Waals surface area (Å²) in [4.78, 5) is 0. The minimum atomic E-state index is -0.0605. The summed E-state index contributed by atoms with van der Waals surface area (Å²) < 4.78 is 0. The first-order valence-electron chi connectivity index (χ1n) is 5.08. The van der Waals surface area contributed by atoms with E-state index in [2.05, 4.69) is 36.9 Å². The molecule has 76 valence electrons. The Bertz CT molecular complexity index is 499. The molecule has 1 nitrogen and oxygen atoms in total. The van der Waals surface area contributed by atoms with Crippen LogP contribution in [0.4, 0.5) is 0 Å². The van der Waals surface area contributed by atoms with E-state index in [1.54, 1.807) is 0 Å². The van der Waals surface area contributed by atoms with Gasteiger partial charge in [-0.25, -0.2) is 0 Å². The van der Waals surface area contributed by atoms with E-state index in [0.717, 1.165) is 11.1 Å². The molecule has 0 aliphatic rings. The molecule has 2 aromatic rings. The van der Waals surface area contributed by atoms with Crippen LogP contribution in [0.1, 0.15) is 18.5 Å². The second-order valence-electron chi connectivity index (χ2n) is 3.93. The predicted molar refractivity (Wildman–Crippen MR) is 65.7 cm³/mol. The van der Waals surface area contributed by atoms with Gasteiger partial charge in [-0.3, -0.25) is 0 Å². The predicted octanol–water partition coefficient (Wildman–Crippen LogP) is 3.42. The molecule has 0 saturated carbocycles. The fourth-order valence-electron chi connectivity index (χ4n) is 1.69. The summed E-state index contributed by atoms with van der Waals surface area (Å²) in [6.45, 7) is 5.84. The molecule has 0 bridgehead atoms. The van der Waals surface area contributed by atoms with Crippen molar-refractivity contribution in [3.05, 3.63) is 60.2 Å². The molecule has 0 spiro atoms. The van der Waals surface area contributed by atoms with Gasteiger partial charge in [0, 0.05) is 0 Å². The standard InChI is InChI=1S/C14H15N/c1-10(2)14(15)13-8-7-11-5-3-4-6-12(11)9-13/h3-9,14H,1,15H2,2H3. The normalized spacial score (nSPS) is 12.7. The van der Waals surface area contributed by atoms with Gasteiger partial charge in [-0.15, -0.1) is 0 Å². The molecule has 15 heavy (non-hydrogen) atoms. The first-order valence-corrected chi connectivity index (χ1v) is 5.08. The maximum atomic E-state index is 6.03. The Hall–Kier alpha value is -1.60. The zero-order valence-electron chi connectivity index (χ0n) is 8.90. The minimum absolute atomic E-state index is 0.0605. The lowest BCUT2D eigenvalue weighted by Crippen LogP contribution is -2.10. The summed E-state index contributed by atoms with van der Waals surface area (Å²) in [5.41, 5.74) is 8.15. The number of fused-ring (bicyclic) bond motifs is 1. The third kappa shape index (κ3) is 1.92. The number of hydrogen-bond donors (Lipinski definition) is 1. The van der Waals surface area contributed by atoms with Crippen molar-refractivity contribution in [2.75, 3.05) is 0 Å². The molecule has 1 unspecified atom stereocenters. The fourth-order valence-corrected chi connectivity index (χ4v) is 1.69. The zero-order valence-corrected chi connectivity index (χ0v) is 8.90. The number of hydrogen-bond acceptors (Lipinski definition) is 1. The van der Waals surface area contributed by atoms with Gasteiger partial charge in [0.25, 0.3) is 0 Å². The van der Waals surface area contributed by atoms with E-state index in [-0.39, 0.29) is 6.04 Å². The van der Waals surface area contributed by atoms with Crippen molar-refractivity contribution in [1.82, 2.24) is 0 Å². The molecule has 0 aliphatic heterocycles. The lowest BCUT2D eigenvalue weighted by molar-refractivity contribution is 0.852. The highest BCUT2D eigenvalue weighted by Crippen LogP contribution is 2.22. The van der Waals surface area contributed by atoms with Crippen molar-refractivity contribution in [3.8, 4) is 0 Å². The van der Waals surface area contributed by atoms with Gasteiger partial charge in [-0.05, 0) is 29.3 Å². The Labute approximate surface area is 90.2 Å². The largest absolute Gasteiger partial charge is 0.321 e. The molecule has 1 heteroatoms. The Morgan fingerprint density at radius 3 is 2.47 bits per heavy atom. The van der Waals surface area contributed by atoms with E-state index in [1.165, 1.54) is 10.8 Å². The van der Waals surface area contributed by atoms with Crippen LogP contribution in [0.2, 0.25) is 0 Å².